The molecule has 0 amide bonds. The second-order valence-electron chi connectivity index (χ2n) is 7.66. The van der Waals surface area contributed by atoms with E-state index in [4.69, 9.17) is 10.8 Å². The number of aliphatic carboxylic acids is 1. The van der Waals surface area contributed by atoms with E-state index in [1.807, 2.05) is 13.0 Å². The molecule has 0 heterocycles. The topological polar surface area (TPSA) is 66.6 Å². The van der Waals surface area contributed by atoms with Gasteiger partial charge < -0.3 is 15.7 Å². The van der Waals surface area contributed by atoms with Crippen LogP contribution in [0.1, 0.15) is 70.8 Å². The Morgan fingerprint density at radius 2 is 1.92 bits per heavy atom. The number of hydrogen-bond donors (Lipinski definition) is 2. The highest BCUT2D eigenvalue weighted by Gasteiger charge is 2.24. The number of carboxylic acids is 1. The number of rotatable bonds is 7. The fourth-order valence-corrected chi connectivity index (χ4v) is 3.75. The van der Waals surface area contributed by atoms with Gasteiger partial charge in [-0.1, -0.05) is 46.1 Å². The lowest BCUT2D eigenvalue weighted by Crippen LogP contribution is -2.39. The zero-order valence-electron chi connectivity index (χ0n) is 15.3. The van der Waals surface area contributed by atoms with Crippen LogP contribution < -0.4 is 10.6 Å². The lowest BCUT2D eigenvalue weighted by atomic mass is 9.92. The molecule has 24 heavy (non-hydrogen) atoms. The summed E-state index contributed by atoms with van der Waals surface area (Å²) < 4.78 is 0. The minimum atomic E-state index is -0.770. The van der Waals surface area contributed by atoms with Crippen molar-refractivity contribution in [1.82, 2.24) is 0 Å². The summed E-state index contributed by atoms with van der Waals surface area (Å²) in [6.45, 7) is 7.44. The van der Waals surface area contributed by atoms with Crippen LogP contribution >= 0.6 is 0 Å². The average Bonchev–Trinajstić information content (AvgIpc) is 2.53. The molecular formula is C20H32N2O2. The maximum absolute atomic E-state index is 10.9. The highest BCUT2D eigenvalue weighted by Crippen LogP contribution is 2.34. The van der Waals surface area contributed by atoms with Gasteiger partial charge >= 0.3 is 5.97 Å². The van der Waals surface area contributed by atoms with Gasteiger partial charge in [-0.15, -0.1) is 0 Å². The van der Waals surface area contributed by atoms with E-state index < -0.39 is 5.97 Å². The molecule has 1 fully saturated rings. The van der Waals surface area contributed by atoms with E-state index in [9.17, 15) is 4.79 Å². The summed E-state index contributed by atoms with van der Waals surface area (Å²) in [6.07, 6.45) is 6.55. The Balaban J connectivity index is 2.24. The maximum Gasteiger partial charge on any atom is 0.303 e. The monoisotopic (exact) mass is 332 g/mol. The number of nitrogen functional groups attached to an aromatic ring is 1. The van der Waals surface area contributed by atoms with E-state index in [2.05, 4.69) is 30.9 Å². The molecule has 4 heteroatoms. The Bertz CT molecular complexity index is 551. The molecule has 4 nitrogen and oxygen atoms in total. The van der Waals surface area contributed by atoms with Crippen LogP contribution in [0.5, 0.6) is 0 Å². The van der Waals surface area contributed by atoms with Gasteiger partial charge in [0.05, 0.1) is 17.8 Å². The molecule has 134 valence electrons. The smallest absolute Gasteiger partial charge is 0.303 e. The number of anilines is 2. The van der Waals surface area contributed by atoms with Gasteiger partial charge in [-0.3, -0.25) is 4.79 Å². The quantitative estimate of drug-likeness (QED) is 0.714. The molecule has 1 aliphatic carbocycles. The molecule has 2 rings (SSSR count). The third-order valence-corrected chi connectivity index (χ3v) is 4.99. The number of nitrogens with two attached hydrogens (primary N) is 1. The predicted molar refractivity (Wildman–Crippen MR) is 101 cm³/mol. The van der Waals surface area contributed by atoms with E-state index in [1.54, 1.807) is 0 Å². The summed E-state index contributed by atoms with van der Waals surface area (Å²) in [5, 5.41) is 8.99. The second kappa shape index (κ2) is 8.41. The van der Waals surface area contributed by atoms with E-state index in [-0.39, 0.29) is 12.3 Å². The highest BCUT2D eigenvalue weighted by atomic mass is 16.4. The van der Waals surface area contributed by atoms with Crippen molar-refractivity contribution in [2.45, 2.75) is 71.3 Å². The second-order valence-corrected chi connectivity index (χ2v) is 7.66. The lowest BCUT2D eigenvalue weighted by Gasteiger charge is -2.38. The molecule has 0 bridgehead atoms. The molecule has 1 aliphatic rings. The molecule has 0 aliphatic heterocycles. The van der Waals surface area contributed by atoms with Crippen LogP contribution in [-0.4, -0.2) is 23.7 Å². The van der Waals surface area contributed by atoms with Crippen LogP contribution in [0.2, 0.25) is 0 Å². The first kappa shape index (κ1) is 18.6. The van der Waals surface area contributed by atoms with Crippen LogP contribution in [0.25, 0.3) is 0 Å². The first-order chi connectivity index (χ1) is 11.4. The number of carbonyl (C=O) groups is 1. The van der Waals surface area contributed by atoms with Crippen LogP contribution in [-0.2, 0) is 4.79 Å². The van der Waals surface area contributed by atoms with Gasteiger partial charge in [-0.2, -0.15) is 0 Å². The van der Waals surface area contributed by atoms with Gasteiger partial charge in [0.1, 0.15) is 0 Å². The Kier molecular flexibility index (Phi) is 6.52. The van der Waals surface area contributed by atoms with Gasteiger partial charge in [0.15, 0.2) is 0 Å². The van der Waals surface area contributed by atoms with Crippen LogP contribution in [0.3, 0.4) is 0 Å². The number of carboxylic acid groups (broad SMARTS) is 1. The zero-order valence-corrected chi connectivity index (χ0v) is 15.3. The predicted octanol–water partition coefficient (Wildman–Crippen LogP) is 4.64. The average molecular weight is 332 g/mol. The highest BCUT2D eigenvalue weighted by molar-refractivity contribution is 5.71. The van der Waals surface area contributed by atoms with Gasteiger partial charge in [-0.25, -0.2) is 0 Å². The SMILES string of the molecule is CC(C)CN(c1ccc([C@H](C)CC(=O)O)cc1N)C1CCCCC1. The number of nitrogens with zero attached hydrogens (tertiary/aromatic N) is 1. The van der Waals surface area contributed by atoms with Gasteiger partial charge in [0.25, 0.3) is 0 Å². The Morgan fingerprint density at radius 1 is 1.25 bits per heavy atom. The van der Waals surface area contributed by atoms with Crippen molar-refractivity contribution in [3.05, 3.63) is 23.8 Å². The van der Waals surface area contributed by atoms with Gasteiger partial charge in [0.2, 0.25) is 0 Å². The van der Waals surface area contributed by atoms with Crippen LogP contribution in [0.15, 0.2) is 18.2 Å². The van der Waals surface area contributed by atoms with Crippen molar-refractivity contribution < 1.29 is 9.90 Å². The first-order valence-electron chi connectivity index (χ1n) is 9.26. The third-order valence-electron chi connectivity index (χ3n) is 4.99. The standard InChI is InChI=1S/C20H32N2O2/c1-14(2)13-22(17-7-5-4-6-8-17)19-10-9-16(12-18(19)21)15(3)11-20(23)24/h9-10,12,14-15,17H,4-8,11,13,21H2,1-3H3,(H,23,24)/t15-/m1/s1. The van der Waals surface area contributed by atoms with E-state index in [0.29, 0.717) is 12.0 Å². The normalized spacial score (nSPS) is 17.0. The third kappa shape index (κ3) is 4.89. The zero-order chi connectivity index (χ0) is 17.7. The number of benzene rings is 1. The van der Waals surface area contributed by atoms with Crippen molar-refractivity contribution in [1.29, 1.82) is 0 Å². The molecule has 1 aromatic carbocycles. The fraction of sp³-hybridized carbons (Fsp3) is 0.650. The van der Waals surface area contributed by atoms with Crippen molar-refractivity contribution in [2.75, 3.05) is 17.2 Å². The lowest BCUT2D eigenvalue weighted by molar-refractivity contribution is -0.137. The summed E-state index contributed by atoms with van der Waals surface area (Å²) in [5.74, 6) is -0.210. The molecule has 0 aromatic heterocycles. The van der Waals surface area contributed by atoms with Crippen molar-refractivity contribution in [3.63, 3.8) is 0 Å². The van der Waals surface area contributed by atoms with Gasteiger partial charge in [0, 0.05) is 12.6 Å². The molecule has 1 aromatic rings. The Hall–Kier alpha value is -1.71. The summed E-state index contributed by atoms with van der Waals surface area (Å²) in [5.41, 5.74) is 9.28. The van der Waals surface area contributed by atoms with Crippen molar-refractivity contribution in [3.8, 4) is 0 Å². The van der Waals surface area contributed by atoms with E-state index in [1.165, 1.54) is 32.1 Å². The largest absolute Gasteiger partial charge is 0.481 e. The molecule has 0 saturated heterocycles. The molecule has 0 spiro atoms. The van der Waals surface area contributed by atoms with Crippen LogP contribution in [0.4, 0.5) is 11.4 Å². The summed E-state index contributed by atoms with van der Waals surface area (Å²) in [6, 6.07) is 6.69. The van der Waals surface area contributed by atoms with Crippen molar-refractivity contribution in [2.24, 2.45) is 5.92 Å². The minimum absolute atomic E-state index is 0.0212. The maximum atomic E-state index is 10.9. The van der Waals surface area contributed by atoms with E-state index >= 15 is 0 Å². The summed E-state index contributed by atoms with van der Waals surface area (Å²) in [4.78, 5) is 13.4. The van der Waals surface area contributed by atoms with Crippen molar-refractivity contribution >= 4 is 17.3 Å². The molecule has 1 saturated carbocycles. The minimum Gasteiger partial charge on any atom is -0.481 e. The van der Waals surface area contributed by atoms with E-state index in [0.717, 1.165) is 23.5 Å². The molecule has 1 atom stereocenters. The van der Waals surface area contributed by atoms with Crippen LogP contribution in [0, 0.1) is 5.92 Å². The summed E-state index contributed by atoms with van der Waals surface area (Å²) in [7, 11) is 0. The Labute approximate surface area is 146 Å². The fourth-order valence-electron chi connectivity index (χ4n) is 3.75. The Morgan fingerprint density at radius 3 is 2.46 bits per heavy atom. The summed E-state index contributed by atoms with van der Waals surface area (Å²) >= 11 is 0. The van der Waals surface area contributed by atoms with Gasteiger partial charge in [-0.05, 0) is 42.4 Å². The number of hydrogen-bond acceptors (Lipinski definition) is 3. The molecule has 0 radical (unpaired) electrons. The molecule has 3 N–H and O–H groups in total. The molecule has 0 unspecified atom stereocenters. The first-order valence-corrected chi connectivity index (χ1v) is 9.26. The molecular weight excluding hydrogens is 300 g/mol.